The van der Waals surface area contributed by atoms with Crippen LogP contribution in [-0.4, -0.2) is 54.1 Å². The summed E-state index contributed by atoms with van der Waals surface area (Å²) in [7, 11) is 0. The summed E-state index contributed by atoms with van der Waals surface area (Å²) < 4.78 is 8.84. The molecule has 0 aliphatic carbocycles. The van der Waals surface area contributed by atoms with Crippen molar-refractivity contribution in [1.82, 2.24) is 0 Å². The molecule has 0 atom stereocenters. The lowest BCUT2D eigenvalue weighted by atomic mass is 9.96. The second kappa shape index (κ2) is 17.0. The summed E-state index contributed by atoms with van der Waals surface area (Å²) in [5.74, 6) is -2.99. The van der Waals surface area contributed by atoms with E-state index in [0.29, 0.717) is 42.3 Å². The lowest BCUT2D eigenvalue weighted by Crippen LogP contribution is -2.09. The number of phenolic OH excluding ortho intramolecular Hbond substituents is 8. The fourth-order valence-corrected chi connectivity index (χ4v) is 10.8. The molecule has 0 fully saturated rings. The quantitative estimate of drug-likeness (QED) is 0.0437. The average Bonchev–Trinajstić information content (AvgIpc) is 3.08. The molecule has 0 unspecified atom stereocenters. The average molecular weight is 1320 g/mol. The summed E-state index contributed by atoms with van der Waals surface area (Å²) in [5, 5.41) is 83.9. The van der Waals surface area contributed by atoms with E-state index in [-0.39, 0.29) is 121 Å². The maximum Gasteiger partial charge on any atom is 0.174 e. The van der Waals surface area contributed by atoms with Crippen LogP contribution in [0.3, 0.4) is 0 Å². The molecule has 0 aliphatic rings. The minimum absolute atomic E-state index is 0.140. The zero-order chi connectivity index (χ0) is 36.8. The SMILES string of the molecule is Oc1c(O)c(Br)c(Cc2c(Br)c(O)c(O)c(Br)c2CCOCCc2c(Br)c(O)c(O)c(Br)c2Cc2c(Br)c(O)c(O)c(Br)c2Br)c(Br)c1Br. The first-order chi connectivity index (χ1) is 22.8. The zero-order valence-electron chi connectivity index (χ0n) is 24.0. The van der Waals surface area contributed by atoms with Crippen molar-refractivity contribution in [3.05, 3.63) is 78.1 Å². The number of hydrogen-bond acceptors (Lipinski definition) is 9. The van der Waals surface area contributed by atoms with Crippen molar-refractivity contribution < 1.29 is 45.6 Å². The molecule has 0 amide bonds. The van der Waals surface area contributed by atoms with E-state index in [1.165, 1.54) is 0 Å². The third-order valence-electron chi connectivity index (χ3n) is 7.49. The van der Waals surface area contributed by atoms with E-state index in [1.807, 2.05) is 0 Å². The van der Waals surface area contributed by atoms with Gasteiger partial charge in [0.25, 0.3) is 0 Å². The topological polar surface area (TPSA) is 171 Å². The molecule has 4 aromatic rings. The molecule has 264 valence electrons. The molecule has 0 aliphatic heterocycles. The van der Waals surface area contributed by atoms with Crippen molar-refractivity contribution in [3.63, 3.8) is 0 Å². The monoisotopic (exact) mass is 1310 g/mol. The molecule has 19 heteroatoms. The van der Waals surface area contributed by atoms with Gasteiger partial charge in [-0.1, -0.05) is 0 Å². The number of phenols is 8. The van der Waals surface area contributed by atoms with Gasteiger partial charge in [0.15, 0.2) is 46.0 Å². The highest BCUT2D eigenvalue weighted by atomic mass is 79.9. The summed E-state index contributed by atoms with van der Waals surface area (Å²) in [6.07, 6.45) is 0.812. The normalized spacial score (nSPS) is 11.5. The molecule has 49 heavy (non-hydrogen) atoms. The Bertz CT molecular complexity index is 1800. The first-order valence-corrected chi connectivity index (χ1v) is 21.3. The maximum atomic E-state index is 10.6. The first kappa shape index (κ1) is 41.8. The number of ether oxygens (including phenoxy) is 1. The Morgan fingerprint density at radius 2 is 0.510 bits per heavy atom. The van der Waals surface area contributed by atoms with Crippen LogP contribution in [0.5, 0.6) is 46.0 Å². The fraction of sp³-hybridized carbons (Fsp3) is 0.200. The summed E-state index contributed by atoms with van der Waals surface area (Å²) in [6, 6.07) is 0. The van der Waals surface area contributed by atoms with Gasteiger partial charge in [-0.15, -0.1) is 0 Å². The molecular formula is C30H20Br10O9. The van der Waals surface area contributed by atoms with Gasteiger partial charge in [-0.25, -0.2) is 0 Å². The van der Waals surface area contributed by atoms with Crippen molar-refractivity contribution >= 4 is 159 Å². The van der Waals surface area contributed by atoms with Gasteiger partial charge in [-0.2, -0.15) is 0 Å². The van der Waals surface area contributed by atoms with E-state index in [9.17, 15) is 40.9 Å². The van der Waals surface area contributed by atoms with Crippen molar-refractivity contribution in [2.75, 3.05) is 13.2 Å². The summed E-state index contributed by atoms with van der Waals surface area (Å²) >= 11 is 33.7. The van der Waals surface area contributed by atoms with Crippen LogP contribution in [0, 0.1) is 0 Å². The standard InChI is InChI=1S/C30H20Br10O9/c31-13-11(19(37)27(45)29(47)21(13)39)5-9-7(15(33)23(41)25(43)17(9)35)1-3-49-4-2-8-10(18(36)26(44)24(42)16(8)34)6-12-14(32)22(40)30(48)28(46)20(12)38/h41-48H,1-6H2. The van der Waals surface area contributed by atoms with E-state index in [2.05, 4.69) is 159 Å². The van der Waals surface area contributed by atoms with Crippen LogP contribution in [-0.2, 0) is 30.4 Å². The van der Waals surface area contributed by atoms with Crippen molar-refractivity contribution in [2.24, 2.45) is 0 Å². The van der Waals surface area contributed by atoms with Crippen LogP contribution < -0.4 is 0 Å². The van der Waals surface area contributed by atoms with Gasteiger partial charge < -0.3 is 45.6 Å². The third-order valence-corrected chi connectivity index (χ3v) is 17.0. The minimum Gasteiger partial charge on any atom is -0.503 e. The number of aromatic hydroxyl groups is 8. The van der Waals surface area contributed by atoms with Gasteiger partial charge in [0.05, 0.1) is 49.0 Å². The molecule has 0 saturated carbocycles. The van der Waals surface area contributed by atoms with E-state index >= 15 is 0 Å². The van der Waals surface area contributed by atoms with Gasteiger partial charge in [0.2, 0.25) is 0 Å². The minimum atomic E-state index is -0.386. The Balaban J connectivity index is 1.62. The molecule has 4 aromatic carbocycles. The van der Waals surface area contributed by atoms with Crippen LogP contribution in [0.1, 0.15) is 33.4 Å². The van der Waals surface area contributed by atoms with Crippen molar-refractivity contribution in [2.45, 2.75) is 25.7 Å². The number of halogens is 10. The zero-order valence-corrected chi connectivity index (χ0v) is 39.9. The van der Waals surface area contributed by atoms with Gasteiger partial charge >= 0.3 is 0 Å². The van der Waals surface area contributed by atoms with E-state index in [1.54, 1.807) is 0 Å². The number of rotatable bonds is 10. The molecule has 9 nitrogen and oxygen atoms in total. The lowest BCUT2D eigenvalue weighted by molar-refractivity contribution is 0.139. The molecule has 0 aromatic heterocycles. The van der Waals surface area contributed by atoms with Gasteiger partial charge in [0, 0.05) is 21.8 Å². The molecule has 4 rings (SSSR count). The Hall–Kier alpha value is 0.0400. The molecule has 8 N–H and O–H groups in total. The van der Waals surface area contributed by atoms with Crippen LogP contribution in [0.25, 0.3) is 0 Å². The predicted octanol–water partition coefficient (Wildman–Crippen LogP) is 11.9. The van der Waals surface area contributed by atoms with E-state index in [0.717, 1.165) is 0 Å². The molecule has 0 spiro atoms. The van der Waals surface area contributed by atoms with Crippen LogP contribution >= 0.6 is 159 Å². The Labute approximate surface area is 363 Å². The molecule has 0 radical (unpaired) electrons. The highest BCUT2D eigenvalue weighted by Crippen LogP contribution is 2.52. The van der Waals surface area contributed by atoms with Crippen molar-refractivity contribution in [1.29, 1.82) is 0 Å². The molecular weight excluding hydrogens is 1300 g/mol. The second-order valence-corrected chi connectivity index (χ2v) is 18.2. The van der Waals surface area contributed by atoms with Crippen LogP contribution in [0.2, 0.25) is 0 Å². The van der Waals surface area contributed by atoms with E-state index in [4.69, 9.17) is 4.74 Å². The Morgan fingerprint density at radius 1 is 0.286 bits per heavy atom. The number of benzene rings is 4. The third kappa shape index (κ3) is 8.11. The smallest absolute Gasteiger partial charge is 0.174 e. The van der Waals surface area contributed by atoms with Crippen LogP contribution in [0.15, 0.2) is 44.7 Å². The van der Waals surface area contributed by atoms with E-state index < -0.39 is 0 Å². The Kier molecular flexibility index (Phi) is 14.5. The summed E-state index contributed by atoms with van der Waals surface area (Å²) in [4.78, 5) is 0. The largest absolute Gasteiger partial charge is 0.503 e. The van der Waals surface area contributed by atoms with Gasteiger partial charge in [-0.3, -0.25) is 0 Å². The van der Waals surface area contributed by atoms with Gasteiger partial charge in [-0.05, 0) is 206 Å². The fourth-order valence-electron chi connectivity index (χ4n) is 4.89. The Morgan fingerprint density at radius 3 is 0.796 bits per heavy atom. The first-order valence-electron chi connectivity index (χ1n) is 13.4. The lowest BCUT2D eigenvalue weighted by Gasteiger charge is -2.20. The summed E-state index contributed by atoms with van der Waals surface area (Å²) in [5.41, 5.74) is 3.43. The molecule has 0 bridgehead atoms. The summed E-state index contributed by atoms with van der Waals surface area (Å²) in [6.45, 7) is 0.312. The van der Waals surface area contributed by atoms with Gasteiger partial charge in [0.1, 0.15) is 0 Å². The molecule has 0 heterocycles. The molecule has 0 saturated heterocycles. The maximum absolute atomic E-state index is 10.6. The van der Waals surface area contributed by atoms with Crippen molar-refractivity contribution in [3.8, 4) is 46.0 Å². The predicted molar refractivity (Wildman–Crippen MR) is 220 cm³/mol. The highest BCUT2D eigenvalue weighted by Gasteiger charge is 2.27. The highest BCUT2D eigenvalue weighted by molar-refractivity contribution is 9.14. The second-order valence-electron chi connectivity index (χ2n) is 10.3. The van der Waals surface area contributed by atoms with Crippen LogP contribution in [0.4, 0.5) is 0 Å². The number of hydrogen-bond donors (Lipinski definition) is 8.